The molecule has 0 aromatic carbocycles. The summed E-state index contributed by atoms with van der Waals surface area (Å²) >= 11 is 0. The Hall–Kier alpha value is -1.20. The lowest BCUT2D eigenvalue weighted by Crippen LogP contribution is -2.11. The maximum absolute atomic E-state index is 12.3. The second kappa shape index (κ2) is 2.69. The van der Waals surface area contributed by atoms with Crippen LogP contribution in [0.15, 0.2) is 6.20 Å². The first-order valence-corrected chi connectivity index (χ1v) is 2.72. The van der Waals surface area contributed by atoms with Crippen LogP contribution in [0.1, 0.15) is 5.56 Å². The van der Waals surface area contributed by atoms with Crippen molar-refractivity contribution in [1.82, 2.24) is 4.98 Å². The molecule has 1 aromatic rings. The van der Waals surface area contributed by atoms with Crippen LogP contribution in [-0.4, -0.2) is 4.98 Å². The third kappa shape index (κ3) is 1.51. The zero-order valence-corrected chi connectivity index (χ0v) is 5.41. The van der Waals surface area contributed by atoms with E-state index in [9.17, 15) is 22.0 Å². The molecule has 0 atom stereocenters. The molecular formula is C6HF5N. The Bertz CT molecular complexity index is 272. The summed E-state index contributed by atoms with van der Waals surface area (Å²) in [4.78, 5) is 2.78. The summed E-state index contributed by atoms with van der Waals surface area (Å²) in [6, 6.07) is 0. The van der Waals surface area contributed by atoms with Gasteiger partial charge < -0.3 is 0 Å². The Morgan fingerprint density at radius 3 is 2.17 bits per heavy atom. The minimum atomic E-state index is -5.05. The van der Waals surface area contributed by atoms with Crippen LogP contribution in [0.5, 0.6) is 0 Å². The van der Waals surface area contributed by atoms with Crippen molar-refractivity contribution in [1.29, 1.82) is 0 Å². The van der Waals surface area contributed by atoms with E-state index in [0.717, 1.165) is 0 Å². The zero-order valence-electron chi connectivity index (χ0n) is 5.41. The molecule has 0 N–H and O–H groups in total. The van der Waals surface area contributed by atoms with Crippen LogP contribution in [0.25, 0.3) is 0 Å². The molecule has 0 amide bonds. The molecule has 0 unspecified atom stereocenters. The monoisotopic (exact) mass is 182 g/mol. The van der Waals surface area contributed by atoms with Gasteiger partial charge in [0, 0.05) is 0 Å². The summed E-state index contributed by atoms with van der Waals surface area (Å²) in [5.41, 5.74) is -1.96. The summed E-state index contributed by atoms with van der Waals surface area (Å²) in [7, 11) is 0. The van der Waals surface area contributed by atoms with Gasteiger partial charge >= 0.3 is 6.18 Å². The van der Waals surface area contributed by atoms with E-state index in [1.54, 1.807) is 0 Å². The van der Waals surface area contributed by atoms with E-state index in [0.29, 0.717) is 0 Å². The number of hydrogen-bond acceptors (Lipinski definition) is 1. The van der Waals surface area contributed by atoms with Crippen LogP contribution in [0.3, 0.4) is 0 Å². The number of nitrogens with zero attached hydrogens (tertiary/aromatic N) is 1. The van der Waals surface area contributed by atoms with Crippen LogP contribution in [0.4, 0.5) is 22.0 Å². The highest BCUT2D eigenvalue weighted by Crippen LogP contribution is 2.32. The van der Waals surface area contributed by atoms with Crippen molar-refractivity contribution >= 4 is 0 Å². The summed E-state index contributed by atoms with van der Waals surface area (Å²) in [6.07, 6.45) is -3.42. The molecule has 12 heavy (non-hydrogen) atoms. The first-order chi connectivity index (χ1) is 5.43. The number of aromatic nitrogens is 1. The molecule has 0 saturated heterocycles. The number of halogens is 5. The lowest BCUT2D eigenvalue weighted by molar-refractivity contribution is -0.142. The molecule has 65 valence electrons. The SMILES string of the molecule is Fc1[c]ncc(F)c1C(F)(F)F. The largest absolute Gasteiger partial charge is 0.422 e. The molecule has 1 aromatic heterocycles. The van der Waals surface area contributed by atoms with Crippen molar-refractivity contribution in [2.45, 2.75) is 6.18 Å². The van der Waals surface area contributed by atoms with Crippen molar-refractivity contribution in [3.05, 3.63) is 29.6 Å². The van der Waals surface area contributed by atoms with E-state index in [1.165, 1.54) is 6.20 Å². The average Bonchev–Trinajstić information content (AvgIpc) is 1.82. The molecule has 6 heteroatoms. The maximum Gasteiger partial charge on any atom is 0.422 e. The highest BCUT2D eigenvalue weighted by molar-refractivity contribution is 5.17. The van der Waals surface area contributed by atoms with Crippen molar-refractivity contribution in [3.63, 3.8) is 0 Å². The molecule has 0 aliphatic heterocycles. The first kappa shape index (κ1) is 8.89. The lowest BCUT2D eigenvalue weighted by Gasteiger charge is -2.06. The van der Waals surface area contributed by atoms with E-state index < -0.39 is 23.4 Å². The Balaban J connectivity index is 3.31. The standard InChI is InChI=1S/C6HF5N/c7-3-1-12-2-4(8)5(3)6(9,10)11/h1H. The van der Waals surface area contributed by atoms with Gasteiger partial charge in [-0.2, -0.15) is 13.2 Å². The number of pyridine rings is 1. The van der Waals surface area contributed by atoms with E-state index in [4.69, 9.17) is 0 Å². The summed E-state index contributed by atoms with van der Waals surface area (Å²) in [6.45, 7) is 0. The summed E-state index contributed by atoms with van der Waals surface area (Å²) in [5, 5.41) is 0. The third-order valence-electron chi connectivity index (χ3n) is 1.08. The third-order valence-corrected chi connectivity index (χ3v) is 1.08. The van der Waals surface area contributed by atoms with Crippen LogP contribution in [0, 0.1) is 17.8 Å². The Kier molecular flexibility index (Phi) is 1.99. The van der Waals surface area contributed by atoms with Gasteiger partial charge in [-0.1, -0.05) is 0 Å². The molecule has 1 radical (unpaired) electrons. The van der Waals surface area contributed by atoms with Crippen LogP contribution in [0.2, 0.25) is 0 Å². The van der Waals surface area contributed by atoms with Gasteiger partial charge in [-0.25, -0.2) is 13.8 Å². The van der Waals surface area contributed by atoms with E-state index in [2.05, 4.69) is 4.98 Å². The fourth-order valence-electron chi connectivity index (χ4n) is 0.631. The summed E-state index contributed by atoms with van der Waals surface area (Å²) < 4.78 is 59.9. The van der Waals surface area contributed by atoms with E-state index >= 15 is 0 Å². The van der Waals surface area contributed by atoms with Gasteiger partial charge in [0.05, 0.1) is 6.20 Å². The van der Waals surface area contributed by atoms with Crippen LogP contribution >= 0.6 is 0 Å². The second-order valence-corrected chi connectivity index (χ2v) is 1.90. The maximum atomic E-state index is 12.3. The van der Waals surface area contributed by atoms with Gasteiger partial charge in [-0.3, -0.25) is 0 Å². The topological polar surface area (TPSA) is 12.9 Å². The Morgan fingerprint density at radius 1 is 1.25 bits per heavy atom. The van der Waals surface area contributed by atoms with Gasteiger partial charge in [0.15, 0.2) is 11.6 Å². The van der Waals surface area contributed by atoms with Crippen LogP contribution < -0.4 is 0 Å². The molecule has 1 rings (SSSR count). The van der Waals surface area contributed by atoms with Gasteiger partial charge in [0.25, 0.3) is 0 Å². The molecule has 0 spiro atoms. The smallest absolute Gasteiger partial charge is 0.248 e. The molecule has 0 saturated carbocycles. The number of rotatable bonds is 0. The highest BCUT2D eigenvalue weighted by atomic mass is 19.4. The molecule has 0 bridgehead atoms. The Labute approximate surface area is 63.8 Å². The number of alkyl halides is 3. The van der Waals surface area contributed by atoms with E-state index in [1.807, 2.05) is 0 Å². The van der Waals surface area contributed by atoms with Gasteiger partial charge in [-0.05, 0) is 0 Å². The minimum absolute atomic E-state index is 0.256. The van der Waals surface area contributed by atoms with Crippen molar-refractivity contribution < 1.29 is 22.0 Å². The first-order valence-electron chi connectivity index (χ1n) is 2.72. The van der Waals surface area contributed by atoms with Crippen molar-refractivity contribution in [2.75, 3.05) is 0 Å². The second-order valence-electron chi connectivity index (χ2n) is 1.90. The predicted molar refractivity (Wildman–Crippen MR) is 28.0 cm³/mol. The van der Waals surface area contributed by atoms with Crippen molar-refractivity contribution in [3.8, 4) is 0 Å². The van der Waals surface area contributed by atoms with Crippen LogP contribution in [-0.2, 0) is 6.18 Å². The zero-order chi connectivity index (χ0) is 9.35. The summed E-state index contributed by atoms with van der Waals surface area (Å²) in [5.74, 6) is -3.57. The predicted octanol–water partition coefficient (Wildman–Crippen LogP) is 2.18. The quantitative estimate of drug-likeness (QED) is 0.560. The fraction of sp³-hybridized carbons (Fsp3) is 0.167. The minimum Gasteiger partial charge on any atom is -0.248 e. The van der Waals surface area contributed by atoms with Gasteiger partial charge in [-0.15, -0.1) is 0 Å². The fourth-order valence-corrected chi connectivity index (χ4v) is 0.631. The van der Waals surface area contributed by atoms with E-state index in [-0.39, 0.29) is 6.20 Å². The average molecular weight is 182 g/mol. The van der Waals surface area contributed by atoms with Gasteiger partial charge in [0.2, 0.25) is 0 Å². The molecule has 0 aliphatic rings. The Morgan fingerprint density at radius 2 is 1.83 bits per heavy atom. The molecule has 0 fully saturated rings. The van der Waals surface area contributed by atoms with Gasteiger partial charge in [0.1, 0.15) is 11.8 Å². The molecule has 1 heterocycles. The number of hydrogen-bond donors (Lipinski definition) is 0. The molecular weight excluding hydrogens is 181 g/mol. The van der Waals surface area contributed by atoms with Crippen molar-refractivity contribution in [2.24, 2.45) is 0 Å². The highest BCUT2D eigenvalue weighted by Gasteiger charge is 2.37. The lowest BCUT2D eigenvalue weighted by atomic mass is 10.2. The normalized spacial score (nSPS) is 11.8. The molecule has 0 aliphatic carbocycles. The molecule has 1 nitrogen and oxygen atoms in total.